The van der Waals surface area contributed by atoms with Gasteiger partial charge in [0, 0.05) is 23.5 Å². The highest BCUT2D eigenvalue weighted by atomic mass is 79.9. The summed E-state index contributed by atoms with van der Waals surface area (Å²) in [6.45, 7) is 5.60. The second kappa shape index (κ2) is 13.8. The number of carbonyl (C=O) groups is 2. The van der Waals surface area contributed by atoms with Crippen LogP contribution in [0, 0.1) is 6.92 Å². The molecule has 3 rings (SSSR count). The highest BCUT2D eigenvalue weighted by Crippen LogP contribution is 2.22. The number of hydrogen-bond acceptors (Lipinski definition) is 4. The molecule has 39 heavy (non-hydrogen) atoms. The summed E-state index contributed by atoms with van der Waals surface area (Å²) in [5.41, 5.74) is 3.19. The fourth-order valence-electron chi connectivity index (χ4n) is 4.11. The van der Waals surface area contributed by atoms with Gasteiger partial charge >= 0.3 is 0 Å². The molecule has 3 aromatic carbocycles. The van der Waals surface area contributed by atoms with Crippen LogP contribution in [0.25, 0.3) is 0 Å². The molecular formula is C30H36BrN3O4S. The average molecular weight is 615 g/mol. The van der Waals surface area contributed by atoms with Crippen molar-refractivity contribution in [2.24, 2.45) is 0 Å². The molecule has 0 heterocycles. The van der Waals surface area contributed by atoms with Crippen molar-refractivity contribution < 1.29 is 18.0 Å². The third-order valence-electron chi connectivity index (χ3n) is 6.54. The van der Waals surface area contributed by atoms with Crippen molar-refractivity contribution in [1.29, 1.82) is 0 Å². The smallest absolute Gasteiger partial charge is 0.244 e. The van der Waals surface area contributed by atoms with Gasteiger partial charge in [0.25, 0.3) is 0 Å². The Hall–Kier alpha value is -3.17. The van der Waals surface area contributed by atoms with Gasteiger partial charge in [0.15, 0.2) is 0 Å². The molecule has 0 unspecified atom stereocenters. The van der Waals surface area contributed by atoms with E-state index in [0.29, 0.717) is 5.69 Å². The van der Waals surface area contributed by atoms with Crippen molar-refractivity contribution >= 4 is 43.5 Å². The summed E-state index contributed by atoms with van der Waals surface area (Å²) >= 11 is 3.37. The Morgan fingerprint density at radius 3 is 2.10 bits per heavy atom. The van der Waals surface area contributed by atoms with Crippen LogP contribution in [0.5, 0.6) is 0 Å². The normalized spacial score (nSPS) is 12.8. The molecule has 0 aliphatic rings. The Bertz CT molecular complexity index is 1350. The fourth-order valence-corrected chi connectivity index (χ4v) is 5.22. The van der Waals surface area contributed by atoms with Gasteiger partial charge in [-0.3, -0.25) is 13.9 Å². The van der Waals surface area contributed by atoms with Crippen molar-refractivity contribution in [3.05, 3.63) is 100 Å². The molecular weight excluding hydrogens is 578 g/mol. The van der Waals surface area contributed by atoms with E-state index in [1.807, 2.05) is 75.4 Å². The van der Waals surface area contributed by atoms with Crippen molar-refractivity contribution in [3.8, 4) is 0 Å². The van der Waals surface area contributed by atoms with Gasteiger partial charge in [0.1, 0.15) is 12.6 Å². The summed E-state index contributed by atoms with van der Waals surface area (Å²) in [6, 6.07) is 23.1. The molecule has 0 aromatic heterocycles. The summed E-state index contributed by atoms with van der Waals surface area (Å²) in [5, 5.41) is 3.03. The topological polar surface area (TPSA) is 86.8 Å². The zero-order valence-corrected chi connectivity index (χ0v) is 25.2. The lowest BCUT2D eigenvalue weighted by molar-refractivity contribution is -0.140. The summed E-state index contributed by atoms with van der Waals surface area (Å²) < 4.78 is 27.5. The van der Waals surface area contributed by atoms with Crippen LogP contribution in [0.1, 0.15) is 37.0 Å². The van der Waals surface area contributed by atoms with Crippen LogP contribution >= 0.6 is 15.9 Å². The van der Waals surface area contributed by atoms with Gasteiger partial charge in [-0.1, -0.05) is 83.0 Å². The minimum atomic E-state index is -3.80. The maximum Gasteiger partial charge on any atom is 0.244 e. The molecule has 2 atom stereocenters. The van der Waals surface area contributed by atoms with Crippen molar-refractivity contribution in [1.82, 2.24) is 10.2 Å². The number of hydrogen-bond donors (Lipinski definition) is 1. The predicted molar refractivity (Wildman–Crippen MR) is 160 cm³/mol. The fraction of sp³-hybridized carbons (Fsp3) is 0.333. The molecule has 1 N–H and O–H groups in total. The maximum atomic E-state index is 14.0. The Morgan fingerprint density at radius 2 is 1.54 bits per heavy atom. The Labute approximate surface area is 240 Å². The zero-order chi connectivity index (χ0) is 28.6. The van der Waals surface area contributed by atoms with Crippen LogP contribution in [0.3, 0.4) is 0 Å². The molecule has 9 heteroatoms. The van der Waals surface area contributed by atoms with E-state index in [1.165, 1.54) is 4.90 Å². The summed E-state index contributed by atoms with van der Waals surface area (Å²) in [4.78, 5) is 29.2. The highest BCUT2D eigenvalue weighted by molar-refractivity contribution is 9.10. The number of amides is 2. The van der Waals surface area contributed by atoms with Crippen molar-refractivity contribution in [2.45, 2.75) is 52.2 Å². The quantitative estimate of drug-likeness (QED) is 0.309. The standard InChI is InChI=1S/C30H36BrN3O4S/c1-5-23(3)32-30(36)28(19-24-9-7-6-8-10-24)33(20-25-13-11-22(2)12-14-25)29(35)21-34(39(4,37)38)27-17-15-26(31)16-18-27/h6-18,23,28H,5,19-21H2,1-4H3,(H,32,36)/t23-,28-/m0/s1. The van der Waals surface area contributed by atoms with Crippen molar-refractivity contribution in [3.63, 3.8) is 0 Å². The molecule has 0 saturated heterocycles. The van der Waals surface area contributed by atoms with Crippen LogP contribution in [0.4, 0.5) is 5.69 Å². The average Bonchev–Trinajstić information content (AvgIpc) is 2.90. The SMILES string of the molecule is CC[C@H](C)NC(=O)[C@H](Cc1ccccc1)N(Cc1ccc(C)cc1)C(=O)CN(c1ccc(Br)cc1)S(C)(=O)=O. The number of anilines is 1. The lowest BCUT2D eigenvalue weighted by atomic mass is 10.0. The van der Waals surface area contributed by atoms with Crippen LogP contribution in [0.15, 0.2) is 83.3 Å². The highest BCUT2D eigenvalue weighted by Gasteiger charge is 2.33. The maximum absolute atomic E-state index is 14.0. The first kappa shape index (κ1) is 30.4. The number of nitrogens with zero attached hydrogens (tertiary/aromatic N) is 2. The molecule has 208 valence electrons. The van der Waals surface area contributed by atoms with E-state index in [0.717, 1.165) is 38.1 Å². The van der Waals surface area contributed by atoms with Crippen LogP contribution < -0.4 is 9.62 Å². The molecule has 0 saturated carbocycles. The molecule has 2 amide bonds. The molecule has 3 aromatic rings. The van der Waals surface area contributed by atoms with Crippen LogP contribution in [-0.2, 0) is 32.6 Å². The van der Waals surface area contributed by atoms with Gasteiger partial charge in [0.05, 0.1) is 11.9 Å². The molecule has 0 aliphatic heterocycles. The molecule has 0 fully saturated rings. The number of carbonyl (C=O) groups excluding carboxylic acids is 2. The second-order valence-electron chi connectivity index (χ2n) is 9.78. The number of sulfonamides is 1. The second-order valence-corrected chi connectivity index (χ2v) is 12.6. The van der Waals surface area contributed by atoms with Gasteiger partial charge in [-0.15, -0.1) is 0 Å². The molecule has 0 spiro atoms. The third-order valence-corrected chi connectivity index (χ3v) is 8.21. The zero-order valence-electron chi connectivity index (χ0n) is 22.8. The Kier molecular flexibility index (Phi) is 10.7. The number of aryl methyl sites for hydroxylation is 1. The lowest BCUT2D eigenvalue weighted by Crippen LogP contribution is -2.54. The van der Waals surface area contributed by atoms with E-state index in [-0.39, 0.29) is 24.9 Å². The number of halogens is 1. The minimum Gasteiger partial charge on any atom is -0.352 e. The molecule has 7 nitrogen and oxygen atoms in total. The van der Waals surface area contributed by atoms with E-state index in [9.17, 15) is 18.0 Å². The van der Waals surface area contributed by atoms with E-state index in [1.54, 1.807) is 24.3 Å². The molecule has 0 radical (unpaired) electrons. The van der Waals surface area contributed by atoms with Gasteiger partial charge in [-0.25, -0.2) is 8.42 Å². The summed E-state index contributed by atoms with van der Waals surface area (Å²) in [6.07, 6.45) is 2.10. The molecule has 0 bridgehead atoms. The predicted octanol–water partition coefficient (Wildman–Crippen LogP) is 5.08. The van der Waals surface area contributed by atoms with Gasteiger partial charge in [-0.2, -0.15) is 0 Å². The summed E-state index contributed by atoms with van der Waals surface area (Å²) in [5.74, 6) is -0.743. The van der Waals surface area contributed by atoms with Gasteiger partial charge in [0.2, 0.25) is 21.8 Å². The first-order valence-electron chi connectivity index (χ1n) is 12.9. The van der Waals surface area contributed by atoms with Gasteiger partial charge < -0.3 is 10.2 Å². The monoisotopic (exact) mass is 613 g/mol. The number of nitrogens with one attached hydrogen (secondary N) is 1. The molecule has 0 aliphatic carbocycles. The first-order chi connectivity index (χ1) is 18.5. The van der Waals surface area contributed by atoms with E-state index in [2.05, 4.69) is 21.2 Å². The third kappa shape index (κ3) is 8.93. The summed E-state index contributed by atoms with van der Waals surface area (Å²) in [7, 11) is -3.80. The number of rotatable bonds is 12. The van der Waals surface area contributed by atoms with E-state index >= 15 is 0 Å². The lowest BCUT2D eigenvalue weighted by Gasteiger charge is -2.34. The van der Waals surface area contributed by atoms with Crippen LogP contribution in [0.2, 0.25) is 0 Å². The first-order valence-corrected chi connectivity index (χ1v) is 15.5. The van der Waals surface area contributed by atoms with E-state index in [4.69, 9.17) is 0 Å². The van der Waals surface area contributed by atoms with Gasteiger partial charge in [-0.05, 0) is 55.7 Å². The van der Waals surface area contributed by atoms with Crippen LogP contribution in [-0.4, -0.2) is 50.0 Å². The largest absolute Gasteiger partial charge is 0.352 e. The number of benzene rings is 3. The Morgan fingerprint density at radius 1 is 0.923 bits per heavy atom. The Balaban J connectivity index is 2.04. The minimum absolute atomic E-state index is 0.0811. The van der Waals surface area contributed by atoms with E-state index < -0.39 is 28.5 Å². The van der Waals surface area contributed by atoms with Crippen molar-refractivity contribution in [2.75, 3.05) is 17.1 Å².